The fourth-order valence-electron chi connectivity index (χ4n) is 2.24. The van der Waals surface area contributed by atoms with E-state index in [1.54, 1.807) is 0 Å². The van der Waals surface area contributed by atoms with E-state index in [9.17, 15) is 0 Å². The van der Waals surface area contributed by atoms with Crippen molar-refractivity contribution in [2.45, 2.75) is 72.3 Å². The van der Waals surface area contributed by atoms with Crippen LogP contribution in [0.15, 0.2) is 0 Å². The molecule has 1 rings (SSSR count). The average molecular weight is 211 g/mol. The van der Waals surface area contributed by atoms with Gasteiger partial charge in [0.2, 0.25) is 0 Å². The summed E-state index contributed by atoms with van der Waals surface area (Å²) in [4.78, 5) is 0. The van der Waals surface area contributed by atoms with Gasteiger partial charge in [0.1, 0.15) is 0 Å². The van der Waals surface area contributed by atoms with E-state index in [-0.39, 0.29) is 0 Å². The maximum atomic E-state index is 3.72. The summed E-state index contributed by atoms with van der Waals surface area (Å²) in [5.74, 6) is 0.814. The summed E-state index contributed by atoms with van der Waals surface area (Å²) in [5, 5.41) is 3.72. The fourth-order valence-corrected chi connectivity index (χ4v) is 2.24. The van der Waals surface area contributed by atoms with Gasteiger partial charge in [-0.25, -0.2) is 0 Å². The predicted molar refractivity (Wildman–Crippen MR) is 68.1 cm³/mol. The maximum Gasteiger partial charge on any atom is 0.00670 e. The van der Waals surface area contributed by atoms with Gasteiger partial charge in [-0.1, -0.05) is 47.0 Å². The van der Waals surface area contributed by atoms with Crippen LogP contribution in [0, 0.1) is 11.3 Å². The molecular weight excluding hydrogens is 182 g/mol. The van der Waals surface area contributed by atoms with Crippen molar-refractivity contribution in [3.05, 3.63) is 0 Å². The Hall–Kier alpha value is -0.0400. The third-order valence-corrected chi connectivity index (χ3v) is 4.09. The largest absolute Gasteiger partial charge is 0.314 e. The van der Waals surface area contributed by atoms with Crippen LogP contribution in [0.2, 0.25) is 0 Å². The maximum absolute atomic E-state index is 3.72. The highest BCUT2D eigenvalue weighted by Gasteiger charge is 2.20. The van der Waals surface area contributed by atoms with E-state index in [1.165, 1.54) is 45.1 Å². The molecule has 0 amide bonds. The highest BCUT2D eigenvalue weighted by atomic mass is 14.9. The molecule has 1 aliphatic rings. The van der Waals surface area contributed by atoms with Crippen molar-refractivity contribution < 1.29 is 0 Å². The van der Waals surface area contributed by atoms with Gasteiger partial charge >= 0.3 is 0 Å². The molecule has 0 aromatic rings. The van der Waals surface area contributed by atoms with Crippen molar-refractivity contribution in [2.75, 3.05) is 6.54 Å². The average Bonchev–Trinajstić information content (AvgIpc) is 2.18. The normalized spacial score (nSPS) is 21.6. The molecule has 0 bridgehead atoms. The molecule has 90 valence electrons. The summed E-state index contributed by atoms with van der Waals surface area (Å²) in [6.07, 6.45) is 8.46. The summed E-state index contributed by atoms with van der Waals surface area (Å²) < 4.78 is 0. The summed E-state index contributed by atoms with van der Waals surface area (Å²) >= 11 is 0. The molecule has 1 nitrogen and oxygen atoms in total. The first-order valence-electron chi connectivity index (χ1n) is 6.73. The van der Waals surface area contributed by atoms with Gasteiger partial charge in [-0.2, -0.15) is 0 Å². The molecule has 1 saturated carbocycles. The zero-order valence-corrected chi connectivity index (χ0v) is 11.1. The molecule has 1 unspecified atom stereocenters. The predicted octanol–water partition coefficient (Wildman–Crippen LogP) is 3.98. The van der Waals surface area contributed by atoms with E-state index in [2.05, 4.69) is 33.0 Å². The van der Waals surface area contributed by atoms with Gasteiger partial charge in [-0.15, -0.1) is 0 Å². The Morgan fingerprint density at radius 3 is 2.27 bits per heavy atom. The van der Waals surface area contributed by atoms with E-state index in [0.717, 1.165) is 12.0 Å². The van der Waals surface area contributed by atoms with Crippen molar-refractivity contribution in [2.24, 2.45) is 11.3 Å². The summed E-state index contributed by atoms with van der Waals surface area (Å²) in [5.41, 5.74) is 0.467. The summed E-state index contributed by atoms with van der Waals surface area (Å²) in [7, 11) is 0. The van der Waals surface area contributed by atoms with E-state index in [0.29, 0.717) is 5.41 Å². The van der Waals surface area contributed by atoms with Crippen LogP contribution in [-0.2, 0) is 0 Å². The first kappa shape index (κ1) is 13.0. The Labute approximate surface area is 96.0 Å². The second-order valence-corrected chi connectivity index (χ2v) is 6.34. The molecule has 1 heteroatoms. The smallest absolute Gasteiger partial charge is 0.00670 e. The van der Waals surface area contributed by atoms with Gasteiger partial charge < -0.3 is 5.32 Å². The Balaban J connectivity index is 2.10. The van der Waals surface area contributed by atoms with Crippen LogP contribution in [0.3, 0.4) is 0 Å². The molecule has 15 heavy (non-hydrogen) atoms. The Morgan fingerprint density at radius 2 is 1.73 bits per heavy atom. The lowest BCUT2D eigenvalue weighted by atomic mass is 9.80. The fraction of sp³-hybridized carbons (Fsp3) is 1.00. The molecule has 0 aromatic heterocycles. The second kappa shape index (κ2) is 5.89. The minimum Gasteiger partial charge on any atom is -0.314 e. The topological polar surface area (TPSA) is 12.0 Å². The minimum absolute atomic E-state index is 0.467. The molecule has 0 aromatic carbocycles. The first-order valence-corrected chi connectivity index (χ1v) is 6.73. The van der Waals surface area contributed by atoms with Crippen molar-refractivity contribution in [1.82, 2.24) is 5.32 Å². The molecule has 0 radical (unpaired) electrons. The molecular formula is C14H29N. The van der Waals surface area contributed by atoms with Crippen LogP contribution in [0.5, 0.6) is 0 Å². The molecule has 1 aliphatic carbocycles. The third-order valence-electron chi connectivity index (χ3n) is 4.09. The highest BCUT2D eigenvalue weighted by Crippen LogP contribution is 2.27. The zero-order chi connectivity index (χ0) is 11.3. The van der Waals surface area contributed by atoms with Crippen LogP contribution in [0.4, 0.5) is 0 Å². The minimum atomic E-state index is 0.467. The molecule has 1 N–H and O–H groups in total. The number of hydrogen-bond acceptors (Lipinski definition) is 1. The second-order valence-electron chi connectivity index (χ2n) is 6.34. The molecule has 0 spiro atoms. The van der Waals surface area contributed by atoms with E-state index < -0.39 is 0 Å². The lowest BCUT2D eigenvalue weighted by molar-refractivity contribution is 0.238. The number of rotatable bonds is 4. The lowest BCUT2D eigenvalue weighted by Gasteiger charge is -2.29. The SMILES string of the molecule is CC(CCNC1CCCCC1)C(C)(C)C. The molecule has 1 fully saturated rings. The first-order chi connectivity index (χ1) is 7.00. The van der Waals surface area contributed by atoms with Gasteiger partial charge in [0, 0.05) is 6.04 Å². The van der Waals surface area contributed by atoms with Crippen LogP contribution in [0.25, 0.3) is 0 Å². The Kier molecular flexibility index (Phi) is 5.11. The number of hydrogen-bond donors (Lipinski definition) is 1. The van der Waals surface area contributed by atoms with Crippen molar-refractivity contribution in [3.63, 3.8) is 0 Å². The van der Waals surface area contributed by atoms with Crippen LogP contribution < -0.4 is 5.32 Å². The van der Waals surface area contributed by atoms with Gasteiger partial charge in [-0.05, 0) is 37.1 Å². The molecule has 1 atom stereocenters. The zero-order valence-electron chi connectivity index (χ0n) is 11.1. The van der Waals surface area contributed by atoms with E-state index in [1.807, 2.05) is 0 Å². The Bertz CT molecular complexity index is 163. The summed E-state index contributed by atoms with van der Waals surface area (Å²) in [6, 6.07) is 0.825. The summed E-state index contributed by atoms with van der Waals surface area (Å²) in [6.45, 7) is 10.6. The van der Waals surface area contributed by atoms with Gasteiger partial charge in [0.15, 0.2) is 0 Å². The van der Waals surface area contributed by atoms with Crippen LogP contribution >= 0.6 is 0 Å². The van der Waals surface area contributed by atoms with E-state index >= 15 is 0 Å². The van der Waals surface area contributed by atoms with Crippen LogP contribution in [-0.4, -0.2) is 12.6 Å². The molecule has 0 saturated heterocycles. The molecule has 0 heterocycles. The number of nitrogens with one attached hydrogen (secondary N) is 1. The molecule has 0 aliphatic heterocycles. The van der Waals surface area contributed by atoms with Crippen molar-refractivity contribution in [3.8, 4) is 0 Å². The third kappa shape index (κ3) is 5.01. The van der Waals surface area contributed by atoms with Crippen molar-refractivity contribution >= 4 is 0 Å². The highest BCUT2D eigenvalue weighted by molar-refractivity contribution is 4.74. The van der Waals surface area contributed by atoms with Gasteiger partial charge in [0.25, 0.3) is 0 Å². The standard InChI is InChI=1S/C14H29N/c1-12(14(2,3)4)10-11-15-13-8-6-5-7-9-13/h12-13,15H,5-11H2,1-4H3. The Morgan fingerprint density at radius 1 is 1.13 bits per heavy atom. The van der Waals surface area contributed by atoms with Gasteiger partial charge in [-0.3, -0.25) is 0 Å². The monoisotopic (exact) mass is 211 g/mol. The lowest BCUT2D eigenvalue weighted by Crippen LogP contribution is -2.33. The van der Waals surface area contributed by atoms with Crippen LogP contribution in [0.1, 0.15) is 66.2 Å². The van der Waals surface area contributed by atoms with Gasteiger partial charge in [0.05, 0.1) is 0 Å². The van der Waals surface area contributed by atoms with Crippen molar-refractivity contribution in [1.29, 1.82) is 0 Å². The van der Waals surface area contributed by atoms with E-state index in [4.69, 9.17) is 0 Å². The quantitative estimate of drug-likeness (QED) is 0.741.